The maximum Gasteiger partial charge on any atom is 0.270 e. The smallest absolute Gasteiger partial charge is 0.270 e. The lowest BCUT2D eigenvalue weighted by Crippen LogP contribution is -2.46. The van der Waals surface area contributed by atoms with Crippen LogP contribution in [0.3, 0.4) is 0 Å². The predicted octanol–water partition coefficient (Wildman–Crippen LogP) is 1.44. The Kier molecular flexibility index (Phi) is 3.88. The molecule has 3 rings (SSSR count). The highest BCUT2D eigenvalue weighted by Gasteiger charge is 2.50. The number of carbonyl (C=O) groups is 3. The number of rotatable bonds is 3. The standard InChI is InChI=1S/C16H15N3O5/c1-9-3-2-4-12-13(9)16(22)18(15(12)21)17-14(20)10-5-7-11(8-6-10)19(23)24/h2-3,5-9,12-13H,4H2,1H3,(H,17,20)/t9-,12-,13+/m0/s1. The van der Waals surface area contributed by atoms with E-state index in [-0.39, 0.29) is 17.2 Å². The van der Waals surface area contributed by atoms with Crippen LogP contribution in [-0.2, 0) is 9.59 Å². The molecule has 1 saturated heterocycles. The average Bonchev–Trinajstić information content (AvgIpc) is 2.81. The van der Waals surface area contributed by atoms with Crippen molar-refractivity contribution in [1.82, 2.24) is 10.4 Å². The first-order valence-corrected chi connectivity index (χ1v) is 7.50. The number of allylic oxidation sites excluding steroid dienone is 2. The minimum absolute atomic E-state index is 0.0681. The molecule has 0 saturated carbocycles. The number of nitro groups is 1. The van der Waals surface area contributed by atoms with Gasteiger partial charge in [0.05, 0.1) is 16.8 Å². The number of imide groups is 1. The number of nitrogens with zero attached hydrogens (tertiary/aromatic N) is 2. The number of benzene rings is 1. The third-order valence-electron chi connectivity index (χ3n) is 4.43. The van der Waals surface area contributed by atoms with E-state index in [0.29, 0.717) is 6.42 Å². The van der Waals surface area contributed by atoms with Crippen LogP contribution in [0.5, 0.6) is 0 Å². The molecule has 1 aromatic carbocycles. The van der Waals surface area contributed by atoms with Gasteiger partial charge in [-0.1, -0.05) is 19.1 Å². The molecule has 1 aliphatic heterocycles. The Morgan fingerprint density at radius 1 is 1.25 bits per heavy atom. The summed E-state index contributed by atoms with van der Waals surface area (Å²) < 4.78 is 0. The van der Waals surface area contributed by atoms with Gasteiger partial charge in [-0.05, 0) is 24.5 Å². The second-order valence-electron chi connectivity index (χ2n) is 5.91. The summed E-state index contributed by atoms with van der Waals surface area (Å²) in [6.45, 7) is 1.86. The molecule has 1 aromatic rings. The fourth-order valence-corrected chi connectivity index (χ4v) is 3.16. The Morgan fingerprint density at radius 2 is 1.92 bits per heavy atom. The summed E-state index contributed by atoms with van der Waals surface area (Å²) in [4.78, 5) is 47.1. The summed E-state index contributed by atoms with van der Waals surface area (Å²) in [5.41, 5.74) is 2.30. The number of carbonyl (C=O) groups excluding carboxylic acids is 3. The van der Waals surface area contributed by atoms with Crippen molar-refractivity contribution in [1.29, 1.82) is 0 Å². The van der Waals surface area contributed by atoms with Gasteiger partial charge in [-0.15, -0.1) is 0 Å². The molecule has 1 N–H and O–H groups in total. The summed E-state index contributed by atoms with van der Waals surface area (Å²) in [5.74, 6) is -2.48. The van der Waals surface area contributed by atoms with E-state index in [1.165, 1.54) is 24.3 Å². The van der Waals surface area contributed by atoms with E-state index >= 15 is 0 Å². The van der Waals surface area contributed by atoms with Gasteiger partial charge in [0, 0.05) is 17.7 Å². The minimum atomic E-state index is -0.661. The van der Waals surface area contributed by atoms with Crippen LogP contribution in [0.4, 0.5) is 5.69 Å². The van der Waals surface area contributed by atoms with Gasteiger partial charge >= 0.3 is 0 Å². The molecule has 0 radical (unpaired) electrons. The van der Waals surface area contributed by atoms with Crippen LogP contribution in [0.25, 0.3) is 0 Å². The van der Waals surface area contributed by atoms with Gasteiger partial charge in [0.2, 0.25) is 0 Å². The van der Waals surface area contributed by atoms with E-state index in [1.807, 2.05) is 19.1 Å². The molecule has 3 atom stereocenters. The average molecular weight is 329 g/mol. The van der Waals surface area contributed by atoms with Crippen LogP contribution >= 0.6 is 0 Å². The molecular weight excluding hydrogens is 314 g/mol. The van der Waals surface area contributed by atoms with E-state index in [2.05, 4.69) is 5.43 Å². The van der Waals surface area contributed by atoms with Gasteiger partial charge < -0.3 is 0 Å². The fraction of sp³-hybridized carbons (Fsp3) is 0.312. The highest BCUT2D eigenvalue weighted by molar-refractivity contribution is 6.08. The van der Waals surface area contributed by atoms with Crippen molar-refractivity contribution in [3.63, 3.8) is 0 Å². The van der Waals surface area contributed by atoms with E-state index in [9.17, 15) is 24.5 Å². The van der Waals surface area contributed by atoms with Crippen molar-refractivity contribution in [3.8, 4) is 0 Å². The molecule has 8 heteroatoms. The van der Waals surface area contributed by atoms with Gasteiger partial charge in [0.25, 0.3) is 23.4 Å². The molecule has 124 valence electrons. The third-order valence-corrected chi connectivity index (χ3v) is 4.43. The molecule has 1 aliphatic carbocycles. The second kappa shape index (κ2) is 5.88. The Hall–Kier alpha value is -3.03. The molecule has 2 aliphatic rings. The van der Waals surface area contributed by atoms with E-state index in [1.54, 1.807) is 0 Å². The number of hydrogen-bond donors (Lipinski definition) is 1. The number of nitro benzene ring substituents is 1. The lowest BCUT2D eigenvalue weighted by molar-refractivity contribution is -0.384. The first-order valence-electron chi connectivity index (χ1n) is 7.50. The van der Waals surface area contributed by atoms with Gasteiger partial charge in [0.1, 0.15) is 0 Å². The van der Waals surface area contributed by atoms with Crippen molar-refractivity contribution in [2.45, 2.75) is 13.3 Å². The lowest BCUT2D eigenvalue weighted by Gasteiger charge is -2.22. The van der Waals surface area contributed by atoms with Crippen LogP contribution in [0.1, 0.15) is 23.7 Å². The largest absolute Gasteiger partial charge is 0.272 e. The number of non-ortho nitro benzene ring substituents is 1. The molecule has 0 spiro atoms. The molecule has 3 amide bonds. The van der Waals surface area contributed by atoms with Crippen LogP contribution in [0, 0.1) is 27.9 Å². The third kappa shape index (κ3) is 2.55. The summed E-state index contributed by atoms with van der Waals surface area (Å²) in [5, 5.41) is 11.4. The highest BCUT2D eigenvalue weighted by Crippen LogP contribution is 2.37. The number of hydrazine groups is 1. The molecule has 8 nitrogen and oxygen atoms in total. The lowest BCUT2D eigenvalue weighted by atomic mass is 9.78. The highest BCUT2D eigenvalue weighted by atomic mass is 16.6. The zero-order valence-corrected chi connectivity index (χ0v) is 12.8. The quantitative estimate of drug-likeness (QED) is 0.390. The van der Waals surface area contributed by atoms with Gasteiger partial charge in [0.15, 0.2) is 0 Å². The molecular formula is C16H15N3O5. The summed E-state index contributed by atoms with van der Waals surface area (Å²) in [6.07, 6.45) is 4.25. The Labute approximate surface area is 137 Å². The van der Waals surface area contributed by atoms with Crippen LogP contribution in [-0.4, -0.2) is 27.7 Å². The maximum absolute atomic E-state index is 12.4. The van der Waals surface area contributed by atoms with Crippen molar-refractivity contribution < 1.29 is 19.3 Å². The number of hydrogen-bond acceptors (Lipinski definition) is 5. The summed E-state index contributed by atoms with van der Waals surface area (Å²) in [6, 6.07) is 4.92. The molecule has 0 aromatic heterocycles. The second-order valence-corrected chi connectivity index (χ2v) is 5.91. The topological polar surface area (TPSA) is 110 Å². The number of fused-ring (bicyclic) bond motifs is 1. The van der Waals surface area contributed by atoms with Crippen LogP contribution < -0.4 is 5.43 Å². The summed E-state index contributed by atoms with van der Waals surface area (Å²) >= 11 is 0. The zero-order chi connectivity index (χ0) is 17.4. The van der Waals surface area contributed by atoms with Crippen LogP contribution in [0.2, 0.25) is 0 Å². The summed E-state index contributed by atoms with van der Waals surface area (Å²) in [7, 11) is 0. The first kappa shape index (κ1) is 15.9. The van der Waals surface area contributed by atoms with Gasteiger partial charge in [-0.3, -0.25) is 29.9 Å². The van der Waals surface area contributed by atoms with E-state index in [4.69, 9.17) is 0 Å². The number of nitrogens with one attached hydrogen (secondary N) is 1. The Morgan fingerprint density at radius 3 is 2.50 bits per heavy atom. The first-order chi connectivity index (χ1) is 11.4. The van der Waals surface area contributed by atoms with E-state index in [0.717, 1.165) is 5.01 Å². The monoisotopic (exact) mass is 329 g/mol. The maximum atomic E-state index is 12.4. The van der Waals surface area contributed by atoms with E-state index < -0.39 is 34.5 Å². The number of amides is 3. The minimum Gasteiger partial charge on any atom is -0.272 e. The fourth-order valence-electron chi connectivity index (χ4n) is 3.16. The molecule has 1 heterocycles. The van der Waals surface area contributed by atoms with Gasteiger partial charge in [-0.25, -0.2) is 0 Å². The molecule has 0 unspecified atom stereocenters. The van der Waals surface area contributed by atoms with Crippen molar-refractivity contribution >= 4 is 23.4 Å². The molecule has 1 fully saturated rings. The SMILES string of the molecule is C[C@H]1C=CC[C@@H]2C(=O)N(NC(=O)c3ccc([N+](=O)[O-])cc3)C(=O)[C@@H]21. The van der Waals surface area contributed by atoms with Crippen LogP contribution in [0.15, 0.2) is 36.4 Å². The van der Waals surface area contributed by atoms with Crippen molar-refractivity contribution in [3.05, 3.63) is 52.1 Å². The van der Waals surface area contributed by atoms with Gasteiger partial charge in [-0.2, -0.15) is 5.01 Å². The van der Waals surface area contributed by atoms with Crippen molar-refractivity contribution in [2.24, 2.45) is 17.8 Å². The Bertz CT molecular complexity index is 755. The predicted molar refractivity (Wildman–Crippen MR) is 82.3 cm³/mol. The molecule has 0 bridgehead atoms. The Balaban J connectivity index is 1.76. The molecule has 24 heavy (non-hydrogen) atoms. The normalized spacial score (nSPS) is 25.5. The van der Waals surface area contributed by atoms with Crippen molar-refractivity contribution in [2.75, 3.05) is 0 Å². The zero-order valence-electron chi connectivity index (χ0n) is 12.8.